The molecule has 0 aliphatic heterocycles. The quantitative estimate of drug-likeness (QED) is 0.496. The summed E-state index contributed by atoms with van der Waals surface area (Å²) in [7, 11) is 0. The number of carbonyl (C=O) groups is 2. The van der Waals surface area contributed by atoms with Gasteiger partial charge in [0.25, 0.3) is 11.8 Å². The van der Waals surface area contributed by atoms with E-state index in [0.29, 0.717) is 17.8 Å². The van der Waals surface area contributed by atoms with E-state index in [1.807, 2.05) is 73.0 Å². The molecule has 1 aliphatic rings. The molecule has 1 aromatic carbocycles. The Bertz CT molecular complexity index is 1370. The van der Waals surface area contributed by atoms with Crippen molar-refractivity contribution in [2.75, 3.05) is 0 Å². The molecule has 1 atom stereocenters. The summed E-state index contributed by atoms with van der Waals surface area (Å²) in [6.45, 7) is 4.30. The Kier molecular flexibility index (Phi) is 5.38. The lowest BCUT2D eigenvalue weighted by atomic mass is 10.0. The number of nitrogens with zero attached hydrogens (tertiary/aromatic N) is 3. The smallest absolute Gasteiger partial charge is 0.270 e. The summed E-state index contributed by atoms with van der Waals surface area (Å²) >= 11 is 0. The molecule has 33 heavy (non-hydrogen) atoms. The number of carbonyl (C=O) groups excluding carboxylic acids is 2. The van der Waals surface area contributed by atoms with Gasteiger partial charge in [0, 0.05) is 17.5 Å². The lowest BCUT2D eigenvalue weighted by Crippen LogP contribution is -2.28. The minimum atomic E-state index is -0.154. The Morgan fingerprint density at radius 1 is 1.09 bits per heavy atom. The highest BCUT2D eigenvalue weighted by Crippen LogP contribution is 2.32. The summed E-state index contributed by atoms with van der Waals surface area (Å²) in [6.07, 6.45) is 5.13. The molecule has 3 aromatic heterocycles. The molecule has 4 aromatic rings. The Labute approximate surface area is 191 Å². The molecular formula is C26H25N5O2. The molecule has 0 spiro atoms. The van der Waals surface area contributed by atoms with Crippen LogP contribution in [0, 0.1) is 13.8 Å². The van der Waals surface area contributed by atoms with Crippen molar-refractivity contribution in [1.29, 1.82) is 0 Å². The first kappa shape index (κ1) is 20.9. The highest BCUT2D eigenvalue weighted by Gasteiger charge is 2.26. The van der Waals surface area contributed by atoms with Gasteiger partial charge in [0.1, 0.15) is 11.3 Å². The van der Waals surface area contributed by atoms with Crippen LogP contribution in [0.1, 0.15) is 61.4 Å². The van der Waals surface area contributed by atoms with Gasteiger partial charge in [-0.25, -0.2) is 4.98 Å². The molecule has 0 saturated carbocycles. The van der Waals surface area contributed by atoms with Gasteiger partial charge < -0.3 is 10.6 Å². The second-order valence-corrected chi connectivity index (χ2v) is 8.51. The summed E-state index contributed by atoms with van der Waals surface area (Å²) in [5.74, 6) is -0.284. The molecular weight excluding hydrogens is 414 g/mol. The third kappa shape index (κ3) is 4.22. The molecule has 2 amide bonds. The second-order valence-electron chi connectivity index (χ2n) is 8.51. The van der Waals surface area contributed by atoms with Crippen molar-refractivity contribution in [3.05, 3.63) is 100 Å². The fourth-order valence-electron chi connectivity index (χ4n) is 4.37. The van der Waals surface area contributed by atoms with E-state index in [4.69, 9.17) is 0 Å². The molecule has 0 bridgehead atoms. The molecule has 0 saturated heterocycles. The summed E-state index contributed by atoms with van der Waals surface area (Å²) < 4.78 is 1.82. The number of aromatic nitrogens is 3. The third-order valence-electron chi connectivity index (χ3n) is 6.05. The number of imidazole rings is 1. The number of pyridine rings is 2. The standard InChI is InChI=1S/C26H25N5O2/c1-16-6-11-24-27-14-23(31(24)15-16)26(33)30-22-10-8-18-12-19(7-9-21(18)22)25(32)28-13-20-5-3-4-17(2)29-20/h3-7,9,11-12,14-15,22H,8,10,13H2,1-2H3,(H,28,32)(H,30,33)/t22-/m1/s1. The largest absolute Gasteiger partial charge is 0.346 e. The molecule has 2 N–H and O–H groups in total. The maximum atomic E-state index is 13.0. The third-order valence-corrected chi connectivity index (χ3v) is 6.05. The van der Waals surface area contributed by atoms with Crippen LogP contribution in [0.4, 0.5) is 0 Å². The van der Waals surface area contributed by atoms with E-state index in [1.54, 1.807) is 6.20 Å². The van der Waals surface area contributed by atoms with Crippen molar-refractivity contribution in [1.82, 2.24) is 25.0 Å². The van der Waals surface area contributed by atoms with Crippen LogP contribution < -0.4 is 10.6 Å². The van der Waals surface area contributed by atoms with Crippen molar-refractivity contribution < 1.29 is 9.59 Å². The summed E-state index contributed by atoms with van der Waals surface area (Å²) in [4.78, 5) is 34.4. The van der Waals surface area contributed by atoms with Crippen molar-refractivity contribution in [2.45, 2.75) is 39.3 Å². The van der Waals surface area contributed by atoms with Crippen LogP contribution in [0.15, 0.2) is 60.9 Å². The zero-order chi connectivity index (χ0) is 22.9. The Morgan fingerprint density at radius 2 is 1.97 bits per heavy atom. The van der Waals surface area contributed by atoms with Crippen LogP contribution in [0.2, 0.25) is 0 Å². The predicted molar refractivity (Wildman–Crippen MR) is 125 cm³/mol. The summed E-state index contributed by atoms with van der Waals surface area (Å²) in [6, 6.07) is 15.2. The number of fused-ring (bicyclic) bond motifs is 2. The Morgan fingerprint density at radius 3 is 2.82 bits per heavy atom. The van der Waals surface area contributed by atoms with Crippen LogP contribution in [-0.4, -0.2) is 26.2 Å². The first-order valence-electron chi connectivity index (χ1n) is 11.1. The monoisotopic (exact) mass is 439 g/mol. The average Bonchev–Trinajstić information content (AvgIpc) is 3.41. The Balaban J connectivity index is 1.27. The van der Waals surface area contributed by atoms with Gasteiger partial charge >= 0.3 is 0 Å². The summed E-state index contributed by atoms with van der Waals surface area (Å²) in [5, 5.41) is 6.08. The first-order chi connectivity index (χ1) is 16.0. The SMILES string of the molecule is Cc1ccc2ncc(C(=O)N[C@@H]3CCc4cc(C(=O)NCc5cccc(C)n5)ccc43)n2c1. The lowest BCUT2D eigenvalue weighted by Gasteiger charge is -2.14. The molecule has 166 valence electrons. The van der Waals surface area contributed by atoms with Crippen LogP contribution in [0.25, 0.3) is 5.65 Å². The van der Waals surface area contributed by atoms with Crippen LogP contribution in [-0.2, 0) is 13.0 Å². The highest BCUT2D eigenvalue weighted by molar-refractivity contribution is 5.95. The number of amides is 2. The number of aryl methyl sites for hydroxylation is 3. The summed E-state index contributed by atoms with van der Waals surface area (Å²) in [5.41, 5.74) is 6.84. The molecule has 0 radical (unpaired) electrons. The van der Waals surface area contributed by atoms with E-state index in [0.717, 1.165) is 46.6 Å². The van der Waals surface area contributed by atoms with Crippen LogP contribution in [0.3, 0.4) is 0 Å². The minimum absolute atomic E-state index is 0.0866. The van der Waals surface area contributed by atoms with E-state index in [9.17, 15) is 9.59 Å². The van der Waals surface area contributed by atoms with Crippen LogP contribution in [0.5, 0.6) is 0 Å². The average molecular weight is 440 g/mol. The van der Waals surface area contributed by atoms with Gasteiger partial charge in [0.15, 0.2) is 0 Å². The van der Waals surface area contributed by atoms with E-state index in [1.165, 1.54) is 0 Å². The van der Waals surface area contributed by atoms with Gasteiger partial charge in [-0.2, -0.15) is 0 Å². The number of nitrogens with one attached hydrogen (secondary N) is 2. The molecule has 3 heterocycles. The van der Waals surface area contributed by atoms with Gasteiger partial charge in [-0.05, 0) is 73.7 Å². The van der Waals surface area contributed by atoms with E-state index >= 15 is 0 Å². The maximum absolute atomic E-state index is 13.0. The second kappa shape index (κ2) is 8.50. The fraction of sp³-hybridized carbons (Fsp3) is 0.231. The van der Waals surface area contributed by atoms with E-state index in [2.05, 4.69) is 20.6 Å². The molecule has 0 fully saturated rings. The van der Waals surface area contributed by atoms with Gasteiger partial charge in [0.2, 0.25) is 0 Å². The van der Waals surface area contributed by atoms with Gasteiger partial charge in [-0.3, -0.25) is 19.0 Å². The molecule has 5 rings (SSSR count). The topological polar surface area (TPSA) is 88.4 Å². The predicted octanol–water partition coefficient (Wildman–Crippen LogP) is 3.69. The zero-order valence-corrected chi connectivity index (χ0v) is 18.6. The molecule has 1 aliphatic carbocycles. The molecule has 0 unspecified atom stereocenters. The van der Waals surface area contributed by atoms with E-state index < -0.39 is 0 Å². The van der Waals surface area contributed by atoms with Gasteiger partial charge in [0.05, 0.1) is 24.5 Å². The lowest BCUT2D eigenvalue weighted by molar-refractivity contribution is 0.0927. The van der Waals surface area contributed by atoms with Crippen molar-refractivity contribution in [3.63, 3.8) is 0 Å². The number of hydrogen-bond acceptors (Lipinski definition) is 4. The number of benzene rings is 1. The first-order valence-corrected chi connectivity index (χ1v) is 11.1. The Hall–Kier alpha value is -4.00. The maximum Gasteiger partial charge on any atom is 0.270 e. The van der Waals surface area contributed by atoms with E-state index in [-0.39, 0.29) is 17.9 Å². The fourth-order valence-corrected chi connectivity index (χ4v) is 4.37. The van der Waals surface area contributed by atoms with Crippen molar-refractivity contribution in [2.24, 2.45) is 0 Å². The van der Waals surface area contributed by atoms with Crippen molar-refractivity contribution >= 4 is 17.5 Å². The normalized spacial score (nSPS) is 14.8. The number of rotatable bonds is 5. The zero-order valence-electron chi connectivity index (χ0n) is 18.6. The molecule has 7 heteroatoms. The number of hydrogen-bond donors (Lipinski definition) is 2. The highest BCUT2D eigenvalue weighted by atomic mass is 16.2. The van der Waals surface area contributed by atoms with Gasteiger partial charge in [-0.1, -0.05) is 18.2 Å². The minimum Gasteiger partial charge on any atom is -0.346 e. The van der Waals surface area contributed by atoms with Crippen LogP contribution >= 0.6 is 0 Å². The van der Waals surface area contributed by atoms with Gasteiger partial charge in [-0.15, -0.1) is 0 Å². The molecule has 7 nitrogen and oxygen atoms in total. The van der Waals surface area contributed by atoms with Crippen molar-refractivity contribution in [3.8, 4) is 0 Å².